The number of carboxylic acids is 1. The second kappa shape index (κ2) is 14.4. The van der Waals surface area contributed by atoms with Crippen LogP contribution in [0.5, 0.6) is 0 Å². The summed E-state index contributed by atoms with van der Waals surface area (Å²) in [7, 11) is 0. The molecule has 0 aliphatic heterocycles. The maximum atomic E-state index is 12.6. The fourth-order valence-electron chi connectivity index (χ4n) is 2.02. The second-order valence-corrected chi connectivity index (χ2v) is 7.66. The number of nitrogens with two attached hydrogens (primary N) is 2. The molecule has 29 heavy (non-hydrogen) atoms. The van der Waals surface area contributed by atoms with Gasteiger partial charge in [-0.25, -0.2) is 4.79 Å². The number of carboxylic acid groups (broad SMARTS) is 1. The molecule has 4 unspecified atom stereocenters. The van der Waals surface area contributed by atoms with Gasteiger partial charge in [0.25, 0.3) is 0 Å². The Morgan fingerprint density at radius 3 is 1.86 bits per heavy atom. The van der Waals surface area contributed by atoms with Crippen LogP contribution >= 0.6 is 37.0 Å². The van der Waals surface area contributed by atoms with Gasteiger partial charge >= 0.3 is 5.97 Å². The van der Waals surface area contributed by atoms with Crippen molar-refractivity contribution in [2.75, 3.05) is 23.5 Å². The van der Waals surface area contributed by atoms with Crippen molar-refractivity contribution < 1.29 is 29.1 Å². The van der Waals surface area contributed by atoms with E-state index in [9.17, 15) is 24.0 Å². The SMILES string of the molecule is CSCCC(NC(=O)C(N)CC(N)=O)C(=O)NC(CS)C(=O)NC(CS)C(=O)O. The number of thioether (sulfide) groups is 1. The van der Waals surface area contributed by atoms with Crippen LogP contribution in [0, 0.1) is 0 Å². The maximum absolute atomic E-state index is 12.6. The molecule has 0 aliphatic rings. The molecule has 0 aromatic carbocycles. The number of amides is 4. The van der Waals surface area contributed by atoms with Gasteiger partial charge in [-0.15, -0.1) is 0 Å². The van der Waals surface area contributed by atoms with Gasteiger partial charge in [-0.2, -0.15) is 37.0 Å². The minimum absolute atomic E-state index is 0.110. The molecule has 0 bridgehead atoms. The average Bonchev–Trinajstić information content (AvgIpc) is 2.65. The lowest BCUT2D eigenvalue weighted by Crippen LogP contribution is -2.58. The topological polar surface area (TPSA) is 194 Å². The van der Waals surface area contributed by atoms with Crippen molar-refractivity contribution in [2.45, 2.75) is 37.0 Å². The summed E-state index contributed by atoms with van der Waals surface area (Å²) in [5.74, 6) is -3.94. The molecule has 0 radical (unpaired) electrons. The fourth-order valence-corrected chi connectivity index (χ4v) is 2.99. The molecule has 4 atom stereocenters. The Bertz CT molecular complexity index is 609. The van der Waals surface area contributed by atoms with Crippen molar-refractivity contribution in [3.63, 3.8) is 0 Å². The van der Waals surface area contributed by atoms with Gasteiger partial charge in [-0.05, 0) is 18.4 Å². The van der Waals surface area contributed by atoms with Gasteiger partial charge in [0.15, 0.2) is 0 Å². The summed E-state index contributed by atoms with van der Waals surface area (Å²) in [4.78, 5) is 58.9. The summed E-state index contributed by atoms with van der Waals surface area (Å²) in [6, 6.07) is -4.61. The number of thiol groups is 2. The molecule has 166 valence electrons. The van der Waals surface area contributed by atoms with Gasteiger partial charge in [0.1, 0.15) is 18.1 Å². The van der Waals surface area contributed by atoms with Crippen molar-refractivity contribution >= 4 is 66.6 Å². The first-order valence-corrected chi connectivity index (χ1v) is 11.1. The Kier molecular flexibility index (Phi) is 13.5. The van der Waals surface area contributed by atoms with E-state index in [1.165, 1.54) is 11.8 Å². The third-order valence-electron chi connectivity index (χ3n) is 3.61. The van der Waals surface area contributed by atoms with Crippen LogP contribution in [-0.2, 0) is 24.0 Å². The molecule has 0 heterocycles. The summed E-state index contributed by atoms with van der Waals surface area (Å²) >= 11 is 9.29. The Labute approximate surface area is 183 Å². The highest BCUT2D eigenvalue weighted by atomic mass is 32.2. The zero-order valence-corrected chi connectivity index (χ0v) is 18.4. The van der Waals surface area contributed by atoms with Crippen molar-refractivity contribution in [2.24, 2.45) is 11.5 Å². The maximum Gasteiger partial charge on any atom is 0.327 e. The summed E-state index contributed by atoms with van der Waals surface area (Å²) in [6.07, 6.45) is 1.66. The summed E-state index contributed by atoms with van der Waals surface area (Å²) in [6.45, 7) is 0. The molecule has 11 nitrogen and oxygen atoms in total. The van der Waals surface area contributed by atoms with Crippen molar-refractivity contribution in [1.82, 2.24) is 16.0 Å². The molecule has 14 heteroatoms. The van der Waals surface area contributed by atoms with Gasteiger partial charge in [-0.1, -0.05) is 0 Å². The van der Waals surface area contributed by atoms with Crippen molar-refractivity contribution in [1.29, 1.82) is 0 Å². The first kappa shape index (κ1) is 27.4. The Hall–Kier alpha value is -1.64. The van der Waals surface area contributed by atoms with E-state index >= 15 is 0 Å². The summed E-state index contributed by atoms with van der Waals surface area (Å²) in [5.41, 5.74) is 10.6. The quantitative estimate of drug-likeness (QED) is 0.126. The van der Waals surface area contributed by atoms with E-state index in [-0.39, 0.29) is 24.3 Å². The molecule has 0 saturated heterocycles. The van der Waals surface area contributed by atoms with Gasteiger partial charge in [0.2, 0.25) is 23.6 Å². The third kappa shape index (κ3) is 10.6. The average molecular weight is 470 g/mol. The van der Waals surface area contributed by atoms with E-state index in [4.69, 9.17) is 16.6 Å². The van der Waals surface area contributed by atoms with Crippen LogP contribution in [0.4, 0.5) is 0 Å². The van der Waals surface area contributed by atoms with Gasteiger partial charge in [0.05, 0.1) is 12.5 Å². The minimum atomic E-state index is -1.27. The van der Waals surface area contributed by atoms with Gasteiger partial charge in [-0.3, -0.25) is 19.2 Å². The van der Waals surface area contributed by atoms with Gasteiger partial charge < -0.3 is 32.5 Å². The normalized spacial score (nSPS) is 14.8. The predicted molar refractivity (Wildman–Crippen MR) is 116 cm³/mol. The van der Waals surface area contributed by atoms with Crippen LogP contribution in [0.15, 0.2) is 0 Å². The zero-order chi connectivity index (χ0) is 22.6. The number of nitrogens with one attached hydrogen (secondary N) is 3. The molecule has 0 fully saturated rings. The molecule has 0 aliphatic carbocycles. The lowest BCUT2D eigenvalue weighted by molar-refractivity contribution is -0.141. The first-order valence-electron chi connectivity index (χ1n) is 8.45. The van der Waals surface area contributed by atoms with Crippen molar-refractivity contribution in [3.8, 4) is 0 Å². The number of hydrogen-bond donors (Lipinski definition) is 8. The smallest absolute Gasteiger partial charge is 0.327 e. The molecule has 0 aromatic heterocycles. The van der Waals surface area contributed by atoms with Crippen LogP contribution in [-0.4, -0.2) is 82.4 Å². The Balaban J connectivity index is 5.12. The molecule has 8 N–H and O–H groups in total. The van der Waals surface area contributed by atoms with E-state index in [2.05, 4.69) is 41.2 Å². The van der Waals surface area contributed by atoms with Crippen LogP contribution < -0.4 is 27.4 Å². The van der Waals surface area contributed by atoms with Crippen LogP contribution in [0.2, 0.25) is 0 Å². The molecular weight excluding hydrogens is 442 g/mol. The minimum Gasteiger partial charge on any atom is -0.480 e. The molecule has 0 rings (SSSR count). The van der Waals surface area contributed by atoms with Gasteiger partial charge in [0, 0.05) is 11.5 Å². The Morgan fingerprint density at radius 1 is 0.931 bits per heavy atom. The second-order valence-electron chi connectivity index (χ2n) is 5.95. The number of carbonyl (C=O) groups excluding carboxylic acids is 4. The number of primary amides is 1. The molecule has 0 saturated carbocycles. The number of rotatable bonds is 14. The standard InChI is InChI=1S/C15H27N5O6S3/c1-29-3-2-8(18-12(22)7(16)4-11(17)21)13(23)19-9(5-27)14(24)20-10(6-28)15(25)26/h7-10,27-28H,2-6,16H2,1H3,(H2,17,21)(H,18,22)(H,19,23)(H,20,24)(H,25,26). The van der Waals surface area contributed by atoms with Crippen LogP contribution in [0.3, 0.4) is 0 Å². The first-order chi connectivity index (χ1) is 13.6. The number of hydrogen-bond acceptors (Lipinski definition) is 9. The molecular formula is C15H27N5O6S3. The lowest BCUT2D eigenvalue weighted by Gasteiger charge is -2.24. The van der Waals surface area contributed by atoms with Crippen LogP contribution in [0.1, 0.15) is 12.8 Å². The van der Waals surface area contributed by atoms with E-state index < -0.39 is 53.8 Å². The highest BCUT2D eigenvalue weighted by molar-refractivity contribution is 7.98. The summed E-state index contributed by atoms with van der Waals surface area (Å²) < 4.78 is 0. The van der Waals surface area contributed by atoms with E-state index in [1.807, 2.05) is 6.26 Å². The predicted octanol–water partition coefficient (Wildman–Crippen LogP) is -2.66. The number of carbonyl (C=O) groups is 5. The van der Waals surface area contributed by atoms with Crippen LogP contribution in [0.25, 0.3) is 0 Å². The lowest BCUT2D eigenvalue weighted by atomic mass is 10.1. The van der Waals surface area contributed by atoms with Crippen molar-refractivity contribution in [3.05, 3.63) is 0 Å². The molecule has 4 amide bonds. The zero-order valence-electron chi connectivity index (χ0n) is 15.8. The highest BCUT2D eigenvalue weighted by Gasteiger charge is 2.29. The van der Waals surface area contributed by atoms with E-state index in [1.54, 1.807) is 0 Å². The fraction of sp³-hybridized carbons (Fsp3) is 0.667. The summed E-state index contributed by atoms with van der Waals surface area (Å²) in [5, 5.41) is 16.1. The molecule has 0 spiro atoms. The van der Waals surface area contributed by atoms with E-state index in [0.29, 0.717) is 5.75 Å². The largest absolute Gasteiger partial charge is 0.480 e. The molecule has 0 aromatic rings. The number of aliphatic carboxylic acids is 1. The Morgan fingerprint density at radius 2 is 1.41 bits per heavy atom. The van der Waals surface area contributed by atoms with E-state index in [0.717, 1.165) is 0 Å². The monoisotopic (exact) mass is 469 g/mol. The highest BCUT2D eigenvalue weighted by Crippen LogP contribution is 2.04. The third-order valence-corrected chi connectivity index (χ3v) is 4.99.